The Bertz CT molecular complexity index is 2030. The topological polar surface area (TPSA) is 116 Å². The molecule has 0 unspecified atom stereocenters. The van der Waals surface area contributed by atoms with Crippen LogP contribution in [0.2, 0.25) is 0 Å². The maximum atomic E-state index is 14.2. The van der Waals surface area contributed by atoms with Gasteiger partial charge in [-0.1, -0.05) is 24.3 Å². The molecule has 1 aromatic carbocycles. The Morgan fingerprint density at radius 2 is 1.92 bits per heavy atom. The van der Waals surface area contributed by atoms with Gasteiger partial charge in [0.25, 0.3) is 5.91 Å². The first kappa shape index (κ1) is 29.9. The molecule has 3 aliphatic heterocycles. The van der Waals surface area contributed by atoms with Crippen LogP contribution in [0.4, 0.5) is 5.82 Å². The fourth-order valence-electron chi connectivity index (χ4n) is 8.29. The maximum Gasteiger partial charge on any atom is 0.257 e. The largest absolute Gasteiger partial charge is 0.421 e. The van der Waals surface area contributed by atoms with E-state index in [1.54, 1.807) is 25.4 Å². The number of fused-ring (bicyclic) bond motifs is 5. The van der Waals surface area contributed by atoms with E-state index < -0.39 is 0 Å². The quantitative estimate of drug-likeness (QED) is 0.179. The Balaban J connectivity index is 1.19. The number of methoxy groups -OCH3 is 1. The number of nitrogens with one attached hydrogen (secondary N) is 1. The highest BCUT2D eigenvalue weighted by molar-refractivity contribution is 7.23. The van der Waals surface area contributed by atoms with Gasteiger partial charge in [-0.2, -0.15) is 0 Å². The van der Waals surface area contributed by atoms with Crippen LogP contribution >= 0.6 is 11.3 Å². The number of thiophene rings is 1. The van der Waals surface area contributed by atoms with Crippen LogP contribution in [0.25, 0.3) is 32.0 Å². The summed E-state index contributed by atoms with van der Waals surface area (Å²) in [7, 11) is 1.77. The average Bonchev–Trinajstić information content (AvgIpc) is 3.95. The van der Waals surface area contributed by atoms with Crippen LogP contribution in [-0.2, 0) is 15.9 Å². The Morgan fingerprint density at radius 1 is 1.06 bits per heavy atom. The molecule has 10 nitrogen and oxygen atoms in total. The summed E-state index contributed by atoms with van der Waals surface area (Å²) in [5.41, 5.74) is 6.62. The molecule has 0 saturated carbocycles. The second kappa shape index (κ2) is 12.0. The smallest absolute Gasteiger partial charge is 0.257 e. The zero-order valence-electron chi connectivity index (χ0n) is 27.2. The number of pyridine rings is 2. The van der Waals surface area contributed by atoms with Gasteiger partial charge in [0, 0.05) is 56.9 Å². The summed E-state index contributed by atoms with van der Waals surface area (Å²) >= 11 is 1.65. The molecule has 2 fully saturated rings. The molecule has 2 saturated heterocycles. The monoisotopic (exact) mass is 662 g/mol. The molecule has 0 spiro atoms. The predicted molar refractivity (Wildman–Crippen MR) is 183 cm³/mol. The summed E-state index contributed by atoms with van der Waals surface area (Å²) in [5, 5.41) is 13.6. The van der Waals surface area contributed by atoms with Gasteiger partial charge in [0.05, 0.1) is 45.4 Å². The number of aryl methyl sites for hydroxylation is 2. The van der Waals surface area contributed by atoms with Crippen molar-refractivity contribution < 1.29 is 18.7 Å². The van der Waals surface area contributed by atoms with Crippen molar-refractivity contribution in [1.29, 1.82) is 0 Å². The molecule has 48 heavy (non-hydrogen) atoms. The lowest BCUT2D eigenvalue weighted by molar-refractivity contribution is 0.0639. The van der Waals surface area contributed by atoms with E-state index in [0.717, 1.165) is 108 Å². The van der Waals surface area contributed by atoms with E-state index in [2.05, 4.69) is 45.8 Å². The SMILES string of the molecule is CO[C@H]1C[C@@H](Nc2nccc3cc(-c4c5c(nc(CCC6CCOCC6)c4-c4nnc(C)o4)[C@@H]4CCCN4C5=O)sc23)c2ccccc21. The number of hydrogen-bond donors (Lipinski definition) is 1. The van der Waals surface area contributed by atoms with E-state index >= 15 is 0 Å². The first-order valence-electron chi connectivity index (χ1n) is 17.1. The highest BCUT2D eigenvalue weighted by Gasteiger charge is 2.45. The molecule has 0 bridgehead atoms. The van der Waals surface area contributed by atoms with Crippen molar-refractivity contribution >= 4 is 33.1 Å². The van der Waals surface area contributed by atoms with Crippen LogP contribution < -0.4 is 5.32 Å². The second-order valence-corrected chi connectivity index (χ2v) is 14.5. The van der Waals surface area contributed by atoms with Crippen LogP contribution in [0.5, 0.6) is 0 Å². The molecule has 9 rings (SSSR count). The van der Waals surface area contributed by atoms with Gasteiger partial charge >= 0.3 is 0 Å². The molecule has 7 heterocycles. The van der Waals surface area contributed by atoms with Gasteiger partial charge in [-0.15, -0.1) is 21.5 Å². The van der Waals surface area contributed by atoms with Gasteiger partial charge in [-0.05, 0) is 73.1 Å². The van der Waals surface area contributed by atoms with Gasteiger partial charge < -0.3 is 24.1 Å². The number of amides is 1. The molecule has 4 aromatic heterocycles. The van der Waals surface area contributed by atoms with Crippen molar-refractivity contribution in [2.24, 2.45) is 5.92 Å². The molecule has 11 heteroatoms. The summed E-state index contributed by atoms with van der Waals surface area (Å²) in [5.74, 6) is 2.35. The zero-order chi connectivity index (χ0) is 32.4. The number of carbonyl (C=O) groups is 1. The number of nitrogens with zero attached hydrogens (tertiary/aromatic N) is 5. The van der Waals surface area contributed by atoms with E-state index in [0.29, 0.717) is 23.3 Å². The van der Waals surface area contributed by atoms with Crippen LogP contribution in [0.15, 0.2) is 47.0 Å². The Morgan fingerprint density at radius 3 is 2.73 bits per heavy atom. The summed E-state index contributed by atoms with van der Waals surface area (Å²) in [6.45, 7) is 4.17. The molecular weight excluding hydrogens is 625 g/mol. The van der Waals surface area contributed by atoms with E-state index in [9.17, 15) is 4.79 Å². The first-order chi connectivity index (χ1) is 23.6. The van der Waals surface area contributed by atoms with Gasteiger partial charge in [0.2, 0.25) is 11.8 Å². The van der Waals surface area contributed by atoms with Gasteiger partial charge in [-0.3, -0.25) is 9.78 Å². The number of ether oxygens (including phenoxy) is 2. The lowest BCUT2D eigenvalue weighted by Gasteiger charge is -2.22. The molecule has 5 aromatic rings. The highest BCUT2D eigenvalue weighted by Crippen LogP contribution is 2.51. The summed E-state index contributed by atoms with van der Waals surface area (Å²) < 4.78 is 18.7. The normalized spacial score (nSPS) is 22.0. The van der Waals surface area contributed by atoms with E-state index in [1.807, 2.05) is 17.2 Å². The van der Waals surface area contributed by atoms with Gasteiger partial charge in [0.1, 0.15) is 5.82 Å². The van der Waals surface area contributed by atoms with Crippen molar-refractivity contribution in [3.8, 4) is 21.9 Å². The molecule has 3 atom stereocenters. The molecule has 4 aliphatic rings. The molecule has 1 amide bonds. The van der Waals surface area contributed by atoms with Crippen molar-refractivity contribution in [2.45, 2.75) is 70.1 Å². The fraction of sp³-hybridized carbons (Fsp3) is 0.432. The standard InChI is InChI=1S/C37H38N6O4S/c1-20-41-42-36(47-20)30-25(10-9-21-12-16-46-17-13-21)39-33-27-8-5-15-43(27)37(44)32(33)31(30)29-18-22-11-14-38-35(34(22)48-29)40-26-19-28(45-2)24-7-4-3-6-23(24)26/h3-4,6-7,11,14,18,21,26-28H,5,8-10,12-13,15-17,19H2,1-2H3,(H,38,40)/t26-,27+,28+/m1/s1. The van der Waals surface area contributed by atoms with E-state index in [4.69, 9.17) is 23.9 Å². The summed E-state index contributed by atoms with van der Waals surface area (Å²) in [4.78, 5) is 27.4. The van der Waals surface area contributed by atoms with Crippen molar-refractivity contribution in [3.63, 3.8) is 0 Å². The third-order valence-electron chi connectivity index (χ3n) is 10.7. The first-order valence-corrected chi connectivity index (χ1v) is 17.9. The van der Waals surface area contributed by atoms with Crippen molar-refractivity contribution in [1.82, 2.24) is 25.1 Å². The van der Waals surface area contributed by atoms with Crippen LogP contribution in [-0.4, -0.2) is 57.8 Å². The van der Waals surface area contributed by atoms with Crippen molar-refractivity contribution in [2.75, 3.05) is 32.2 Å². The van der Waals surface area contributed by atoms with E-state index in [-0.39, 0.29) is 24.1 Å². The minimum absolute atomic E-state index is 0.0102. The number of aromatic nitrogens is 4. The van der Waals surface area contributed by atoms with E-state index in [1.165, 1.54) is 11.1 Å². The number of benzene rings is 1. The van der Waals surface area contributed by atoms with Gasteiger partial charge in [0.15, 0.2) is 0 Å². The third-order valence-corrected chi connectivity index (χ3v) is 11.8. The number of carbonyl (C=O) groups excluding carboxylic acids is 1. The van der Waals surface area contributed by atoms with Gasteiger partial charge in [-0.25, -0.2) is 4.98 Å². The van der Waals surface area contributed by atoms with Crippen LogP contribution in [0.3, 0.4) is 0 Å². The number of anilines is 1. The van der Waals surface area contributed by atoms with Crippen LogP contribution in [0, 0.1) is 12.8 Å². The summed E-state index contributed by atoms with van der Waals surface area (Å²) in [6, 6.07) is 12.8. The lowest BCUT2D eigenvalue weighted by atomic mass is 9.90. The minimum Gasteiger partial charge on any atom is -0.421 e. The number of rotatable bonds is 8. The molecule has 1 N–H and O–H groups in total. The minimum atomic E-state index is 0.0102. The Kier molecular flexibility index (Phi) is 7.51. The Labute approximate surface area is 282 Å². The predicted octanol–water partition coefficient (Wildman–Crippen LogP) is 7.61. The fourth-order valence-corrected chi connectivity index (χ4v) is 9.45. The highest BCUT2D eigenvalue weighted by atomic mass is 32.1. The molecular formula is C37H38N6O4S. The zero-order valence-corrected chi connectivity index (χ0v) is 28.0. The molecule has 246 valence electrons. The molecule has 1 aliphatic carbocycles. The molecule has 0 radical (unpaired) electrons. The number of hydrogen-bond acceptors (Lipinski definition) is 10. The summed E-state index contributed by atoms with van der Waals surface area (Å²) in [6.07, 6.45) is 8.51. The van der Waals surface area contributed by atoms with Crippen molar-refractivity contribution in [3.05, 3.63) is 76.6 Å². The average molecular weight is 663 g/mol. The van der Waals surface area contributed by atoms with Crippen LogP contribution in [0.1, 0.15) is 95.5 Å². The third kappa shape index (κ3) is 4.93. The lowest BCUT2D eigenvalue weighted by Crippen LogP contribution is -2.22. The maximum absolute atomic E-state index is 14.2. The second-order valence-electron chi connectivity index (χ2n) is 13.4. The Hall–Kier alpha value is -4.19.